The van der Waals surface area contributed by atoms with Crippen LogP contribution in [-0.2, 0) is 0 Å². The number of rotatable bonds is 5. The Balaban J connectivity index is 1.30. The molecule has 42 heavy (non-hydrogen) atoms. The van der Waals surface area contributed by atoms with Crippen LogP contribution in [0.1, 0.15) is 0 Å². The third kappa shape index (κ3) is 5.16. The fraction of sp³-hybridized carbons (Fsp3) is 0. The van der Waals surface area contributed by atoms with Gasteiger partial charge in [-0.25, -0.2) is 23.7 Å². The number of benzene rings is 6. The van der Waals surface area contributed by atoms with E-state index in [2.05, 4.69) is 77.8 Å². The van der Waals surface area contributed by atoms with Crippen LogP contribution in [0.2, 0.25) is 0 Å². The molecule has 0 amide bonds. The van der Waals surface area contributed by atoms with Gasteiger partial charge >= 0.3 is 0 Å². The normalized spacial score (nSPS) is 11.1. The smallest absolute Gasteiger partial charge is 0.164 e. The van der Waals surface area contributed by atoms with E-state index in [-0.39, 0.29) is 11.6 Å². The SMILES string of the molecule is Fc1ccc(-c2nc(-c3ccc(F)cc3)nc(-c3cccc(-c4cccc(-c5ccc6ccccc6c5)c4)c3)n2)cc1. The monoisotopic (exact) mass is 547 g/mol. The molecule has 200 valence electrons. The molecule has 0 N–H and O–H groups in total. The highest BCUT2D eigenvalue weighted by molar-refractivity contribution is 5.88. The van der Waals surface area contributed by atoms with Gasteiger partial charge in [-0.15, -0.1) is 0 Å². The number of hydrogen-bond donors (Lipinski definition) is 0. The molecule has 7 aromatic rings. The molecule has 0 saturated carbocycles. The standard InChI is InChI=1S/C37H23F2N3/c38-33-17-13-25(14-18-33)35-40-36(26-15-19-34(39)20-16-26)42-37(41-35)32-10-4-9-30(23-32)28-7-3-8-29(22-28)31-12-11-24-5-1-2-6-27(24)21-31/h1-23H. The van der Waals surface area contributed by atoms with Crippen LogP contribution < -0.4 is 0 Å². The first kappa shape index (κ1) is 25.4. The van der Waals surface area contributed by atoms with Gasteiger partial charge in [-0.3, -0.25) is 0 Å². The molecule has 0 aliphatic heterocycles. The molecule has 0 bridgehead atoms. The van der Waals surface area contributed by atoms with Gasteiger partial charge in [0.2, 0.25) is 0 Å². The van der Waals surface area contributed by atoms with Crippen molar-refractivity contribution in [2.45, 2.75) is 0 Å². The number of aromatic nitrogens is 3. The first-order valence-corrected chi connectivity index (χ1v) is 13.6. The van der Waals surface area contributed by atoms with E-state index in [1.165, 1.54) is 35.0 Å². The van der Waals surface area contributed by atoms with Gasteiger partial charge in [0.15, 0.2) is 17.5 Å². The van der Waals surface area contributed by atoms with E-state index in [0.717, 1.165) is 27.8 Å². The third-order valence-corrected chi connectivity index (χ3v) is 7.24. The molecule has 0 unspecified atom stereocenters. The quantitative estimate of drug-likeness (QED) is 0.215. The van der Waals surface area contributed by atoms with Gasteiger partial charge in [-0.1, -0.05) is 72.8 Å². The third-order valence-electron chi connectivity index (χ3n) is 7.24. The van der Waals surface area contributed by atoms with Gasteiger partial charge in [-0.05, 0) is 99.8 Å². The zero-order chi connectivity index (χ0) is 28.5. The lowest BCUT2D eigenvalue weighted by atomic mass is 9.96. The van der Waals surface area contributed by atoms with Crippen LogP contribution >= 0.6 is 0 Å². The summed E-state index contributed by atoms with van der Waals surface area (Å²) in [7, 11) is 0. The molecule has 3 nitrogen and oxygen atoms in total. The summed E-state index contributed by atoms with van der Waals surface area (Å²) in [6, 6.07) is 43.4. The van der Waals surface area contributed by atoms with Crippen molar-refractivity contribution in [3.63, 3.8) is 0 Å². The summed E-state index contributed by atoms with van der Waals surface area (Å²) in [4.78, 5) is 14.2. The minimum absolute atomic E-state index is 0.342. The lowest BCUT2D eigenvalue weighted by molar-refractivity contribution is 0.627. The Labute approximate surface area is 241 Å². The zero-order valence-electron chi connectivity index (χ0n) is 22.4. The van der Waals surface area contributed by atoms with Crippen LogP contribution in [-0.4, -0.2) is 15.0 Å². The van der Waals surface area contributed by atoms with Crippen molar-refractivity contribution in [2.75, 3.05) is 0 Å². The van der Waals surface area contributed by atoms with Crippen LogP contribution in [0.5, 0.6) is 0 Å². The van der Waals surface area contributed by atoms with E-state index in [1.807, 2.05) is 18.2 Å². The first-order chi connectivity index (χ1) is 20.6. The van der Waals surface area contributed by atoms with Crippen LogP contribution in [0.15, 0.2) is 140 Å². The van der Waals surface area contributed by atoms with Crippen molar-refractivity contribution in [3.8, 4) is 56.4 Å². The maximum absolute atomic E-state index is 13.7. The van der Waals surface area contributed by atoms with Gasteiger partial charge in [0, 0.05) is 16.7 Å². The maximum atomic E-state index is 13.7. The molecule has 1 aromatic heterocycles. The Morgan fingerprint density at radius 3 is 1.26 bits per heavy atom. The molecule has 0 aliphatic rings. The van der Waals surface area contributed by atoms with E-state index in [1.54, 1.807) is 24.3 Å². The Morgan fingerprint density at radius 1 is 0.310 bits per heavy atom. The summed E-state index contributed by atoms with van der Waals surface area (Å²) in [6.45, 7) is 0. The molecule has 6 aromatic carbocycles. The number of fused-ring (bicyclic) bond motifs is 1. The van der Waals surface area contributed by atoms with Crippen LogP contribution in [0, 0.1) is 11.6 Å². The summed E-state index contributed by atoms with van der Waals surface area (Å²) < 4.78 is 27.3. The van der Waals surface area contributed by atoms with Crippen LogP contribution in [0.3, 0.4) is 0 Å². The van der Waals surface area contributed by atoms with Crippen molar-refractivity contribution in [3.05, 3.63) is 151 Å². The second-order valence-corrected chi connectivity index (χ2v) is 10.0. The molecule has 0 spiro atoms. The second-order valence-electron chi connectivity index (χ2n) is 10.0. The average Bonchev–Trinajstić information content (AvgIpc) is 3.05. The van der Waals surface area contributed by atoms with Gasteiger partial charge in [0.05, 0.1) is 0 Å². The highest BCUT2D eigenvalue weighted by Crippen LogP contribution is 2.31. The predicted molar refractivity (Wildman–Crippen MR) is 164 cm³/mol. The fourth-order valence-corrected chi connectivity index (χ4v) is 5.05. The van der Waals surface area contributed by atoms with Crippen molar-refractivity contribution in [1.29, 1.82) is 0 Å². The van der Waals surface area contributed by atoms with Crippen molar-refractivity contribution in [1.82, 2.24) is 15.0 Å². The summed E-state index contributed by atoms with van der Waals surface area (Å²) in [6.07, 6.45) is 0. The minimum Gasteiger partial charge on any atom is -0.208 e. The van der Waals surface area contributed by atoms with E-state index in [4.69, 9.17) is 9.97 Å². The van der Waals surface area contributed by atoms with Crippen molar-refractivity contribution >= 4 is 10.8 Å². The van der Waals surface area contributed by atoms with Gasteiger partial charge in [-0.2, -0.15) is 0 Å². The molecule has 1 heterocycles. The Bertz CT molecular complexity index is 1990. The molecule has 0 radical (unpaired) electrons. The molecule has 0 aliphatic carbocycles. The Morgan fingerprint density at radius 2 is 0.714 bits per heavy atom. The first-order valence-electron chi connectivity index (χ1n) is 13.6. The molecule has 7 rings (SSSR count). The largest absolute Gasteiger partial charge is 0.208 e. The molecular weight excluding hydrogens is 524 g/mol. The Kier molecular flexibility index (Phi) is 6.53. The summed E-state index contributed by atoms with van der Waals surface area (Å²) in [5, 5.41) is 2.41. The number of hydrogen-bond acceptors (Lipinski definition) is 3. The Hall–Kier alpha value is -5.55. The molecule has 5 heteroatoms. The lowest BCUT2D eigenvalue weighted by Crippen LogP contribution is -2.00. The van der Waals surface area contributed by atoms with Crippen molar-refractivity contribution < 1.29 is 8.78 Å². The molecule has 0 atom stereocenters. The summed E-state index contributed by atoms with van der Waals surface area (Å²) in [5.41, 5.74) is 6.47. The average molecular weight is 548 g/mol. The van der Waals surface area contributed by atoms with E-state index in [9.17, 15) is 8.78 Å². The van der Waals surface area contributed by atoms with E-state index >= 15 is 0 Å². The van der Waals surface area contributed by atoms with E-state index < -0.39 is 0 Å². The van der Waals surface area contributed by atoms with Gasteiger partial charge in [0.25, 0.3) is 0 Å². The summed E-state index contributed by atoms with van der Waals surface area (Å²) >= 11 is 0. The van der Waals surface area contributed by atoms with Crippen LogP contribution in [0.25, 0.3) is 67.2 Å². The van der Waals surface area contributed by atoms with Gasteiger partial charge in [0.1, 0.15) is 11.6 Å². The highest BCUT2D eigenvalue weighted by Gasteiger charge is 2.14. The van der Waals surface area contributed by atoms with Gasteiger partial charge < -0.3 is 0 Å². The maximum Gasteiger partial charge on any atom is 0.164 e. The number of nitrogens with zero attached hydrogens (tertiary/aromatic N) is 3. The fourth-order valence-electron chi connectivity index (χ4n) is 5.05. The molecule has 0 fully saturated rings. The topological polar surface area (TPSA) is 38.7 Å². The predicted octanol–water partition coefficient (Wildman–Crippen LogP) is 9.64. The minimum atomic E-state index is -0.342. The van der Waals surface area contributed by atoms with Crippen molar-refractivity contribution in [2.24, 2.45) is 0 Å². The summed E-state index contributed by atoms with van der Waals surface area (Å²) in [5.74, 6) is 0.595. The van der Waals surface area contributed by atoms with Crippen LogP contribution in [0.4, 0.5) is 8.78 Å². The zero-order valence-corrected chi connectivity index (χ0v) is 22.4. The number of halogens is 2. The lowest BCUT2D eigenvalue weighted by Gasteiger charge is -2.11. The second kappa shape index (κ2) is 10.8. The highest BCUT2D eigenvalue weighted by atomic mass is 19.1. The molecular formula is C37H23F2N3. The van der Waals surface area contributed by atoms with E-state index in [0.29, 0.717) is 28.6 Å². The molecule has 0 saturated heterocycles.